The van der Waals surface area contributed by atoms with Crippen molar-refractivity contribution < 1.29 is 28.0 Å². The van der Waals surface area contributed by atoms with Crippen LogP contribution in [0.1, 0.15) is 72.6 Å². The first-order valence-electron chi connectivity index (χ1n) is 17.3. The van der Waals surface area contributed by atoms with Gasteiger partial charge in [0.1, 0.15) is 25.0 Å². The molecule has 242 valence electrons. The number of esters is 2. The van der Waals surface area contributed by atoms with Crippen molar-refractivity contribution in [3.05, 3.63) is 12.4 Å². The number of ether oxygens (including phenoxy) is 2. The zero-order valence-corrected chi connectivity index (χ0v) is 28.4. The van der Waals surface area contributed by atoms with Gasteiger partial charge in [-0.2, -0.15) is 0 Å². The van der Waals surface area contributed by atoms with Gasteiger partial charge in [0.2, 0.25) is 0 Å². The molecule has 0 aromatic carbocycles. The summed E-state index contributed by atoms with van der Waals surface area (Å²) in [5, 5.41) is 0. The van der Waals surface area contributed by atoms with Gasteiger partial charge in [-0.15, -0.1) is 0 Å². The molecule has 6 aliphatic rings. The van der Waals surface area contributed by atoms with E-state index in [2.05, 4.69) is 64.2 Å². The first-order chi connectivity index (χ1) is 20.1. The Labute approximate surface area is 260 Å². The Hall–Kier alpha value is -1.64. The van der Waals surface area contributed by atoms with E-state index in [4.69, 9.17) is 9.47 Å². The number of carbonyl (C=O) groups is 2. The number of piperazine rings is 1. The molecule has 4 aliphatic carbocycles. The number of carbonyl (C=O) groups excluding carboxylic acids is 2. The molecule has 10 atom stereocenters. The molecule has 8 nitrogen and oxygen atoms in total. The Bertz CT molecular complexity index is 1110. The molecule has 0 aromatic heterocycles. The molecule has 8 heteroatoms. The number of nitrogens with zero attached hydrogens (tertiary/aromatic N) is 4. The van der Waals surface area contributed by atoms with Gasteiger partial charge < -0.3 is 18.9 Å². The van der Waals surface area contributed by atoms with E-state index in [9.17, 15) is 9.59 Å². The van der Waals surface area contributed by atoms with Gasteiger partial charge in [0.15, 0.2) is 0 Å². The number of quaternary nitrogens is 2. The van der Waals surface area contributed by atoms with Crippen LogP contribution in [-0.4, -0.2) is 122 Å². The summed E-state index contributed by atoms with van der Waals surface area (Å²) in [7, 11) is 9.18. The third-order valence-corrected chi connectivity index (χ3v) is 13.7. The standard InChI is InChI=1S/C35H60N4O4/c1-24(40)42-32-21-26-9-10-27-28(35(26,4)23-31(32)37-15-19-39(7,8)20-16-37)11-12-34(3)29(27)22-30(33(34)43-25(2)41)36-13-17-38(5,6)18-14-36/h13,17,26-33H,9-12,14-16,18-23H2,1-8H3/q+2/t26-,27?,28?,29?,30?,31-,32-,33-,34-,35-/m0/s1. The van der Waals surface area contributed by atoms with E-state index in [1.807, 2.05) is 0 Å². The molecule has 0 N–H and O–H groups in total. The van der Waals surface area contributed by atoms with Crippen LogP contribution in [0, 0.1) is 34.5 Å². The highest BCUT2D eigenvalue weighted by molar-refractivity contribution is 5.66. The maximum atomic E-state index is 12.5. The molecule has 6 rings (SSSR count). The van der Waals surface area contributed by atoms with Crippen LogP contribution >= 0.6 is 0 Å². The van der Waals surface area contributed by atoms with E-state index in [1.165, 1.54) is 19.3 Å². The molecule has 0 bridgehead atoms. The number of likely N-dealkylation sites (N-methyl/N-ethyl adjacent to an activating group) is 2. The summed E-state index contributed by atoms with van der Waals surface area (Å²) >= 11 is 0. The van der Waals surface area contributed by atoms with E-state index < -0.39 is 0 Å². The molecule has 0 aromatic rings. The van der Waals surface area contributed by atoms with E-state index in [1.54, 1.807) is 13.8 Å². The smallest absolute Gasteiger partial charge is 0.302 e. The number of fused-ring (bicyclic) bond motifs is 5. The number of rotatable bonds is 4. The molecular weight excluding hydrogens is 540 g/mol. The Balaban J connectivity index is 1.27. The Morgan fingerprint density at radius 2 is 1.51 bits per heavy atom. The highest BCUT2D eigenvalue weighted by Gasteiger charge is 2.65. The van der Waals surface area contributed by atoms with Crippen molar-refractivity contribution >= 4 is 11.9 Å². The second-order valence-corrected chi connectivity index (χ2v) is 17.1. The Morgan fingerprint density at radius 3 is 2.14 bits per heavy atom. The lowest BCUT2D eigenvalue weighted by Crippen LogP contribution is -2.64. The minimum Gasteiger partial charge on any atom is -0.461 e. The monoisotopic (exact) mass is 600 g/mol. The quantitative estimate of drug-likeness (QED) is 0.358. The van der Waals surface area contributed by atoms with Gasteiger partial charge in [0, 0.05) is 38.4 Å². The summed E-state index contributed by atoms with van der Waals surface area (Å²) < 4.78 is 14.4. The molecule has 0 spiro atoms. The summed E-state index contributed by atoms with van der Waals surface area (Å²) in [6.07, 6.45) is 12.6. The van der Waals surface area contributed by atoms with Crippen LogP contribution in [0.5, 0.6) is 0 Å². The summed E-state index contributed by atoms with van der Waals surface area (Å²) in [6, 6.07) is 0.560. The topological polar surface area (TPSA) is 59.1 Å². The minimum atomic E-state index is -0.137. The van der Waals surface area contributed by atoms with Gasteiger partial charge in [-0.25, -0.2) is 0 Å². The number of hydrogen-bond donors (Lipinski definition) is 0. The summed E-state index contributed by atoms with van der Waals surface area (Å²) in [4.78, 5) is 30.0. The van der Waals surface area contributed by atoms with Gasteiger partial charge in [-0.3, -0.25) is 19.0 Å². The van der Waals surface area contributed by atoms with Crippen LogP contribution in [0.25, 0.3) is 0 Å². The average Bonchev–Trinajstić information content (AvgIpc) is 3.20. The van der Waals surface area contributed by atoms with Gasteiger partial charge in [0.25, 0.3) is 0 Å². The molecule has 4 saturated carbocycles. The summed E-state index contributed by atoms with van der Waals surface area (Å²) in [5.41, 5.74) is 0.260. The average molecular weight is 601 g/mol. The zero-order chi connectivity index (χ0) is 30.9. The van der Waals surface area contributed by atoms with E-state index in [0.29, 0.717) is 29.7 Å². The Morgan fingerprint density at radius 1 is 0.814 bits per heavy atom. The van der Waals surface area contributed by atoms with Crippen molar-refractivity contribution in [3.63, 3.8) is 0 Å². The fourth-order valence-corrected chi connectivity index (χ4v) is 11.1. The molecular formula is C35H60N4O4+2. The Kier molecular flexibility index (Phi) is 8.03. The normalized spacial score (nSPS) is 45.4. The van der Waals surface area contributed by atoms with Crippen LogP contribution in [0.4, 0.5) is 0 Å². The molecule has 0 amide bonds. The van der Waals surface area contributed by atoms with Gasteiger partial charge >= 0.3 is 11.9 Å². The van der Waals surface area contributed by atoms with Gasteiger partial charge in [-0.1, -0.05) is 13.8 Å². The third kappa shape index (κ3) is 5.67. The molecule has 2 aliphatic heterocycles. The summed E-state index contributed by atoms with van der Waals surface area (Å²) in [6.45, 7) is 14.8. The maximum Gasteiger partial charge on any atom is 0.302 e. The zero-order valence-electron chi connectivity index (χ0n) is 28.4. The fraction of sp³-hybridized carbons (Fsp3) is 0.886. The largest absolute Gasteiger partial charge is 0.461 e. The van der Waals surface area contributed by atoms with Crippen molar-refractivity contribution in [2.45, 2.75) is 96.9 Å². The lowest BCUT2D eigenvalue weighted by Gasteiger charge is -2.62. The summed E-state index contributed by atoms with van der Waals surface area (Å²) in [5.74, 6) is 2.23. The van der Waals surface area contributed by atoms with Crippen molar-refractivity contribution in [1.29, 1.82) is 0 Å². The van der Waals surface area contributed by atoms with Gasteiger partial charge in [0.05, 0.1) is 60.1 Å². The molecule has 4 unspecified atom stereocenters. The van der Waals surface area contributed by atoms with Crippen molar-refractivity contribution in [3.8, 4) is 0 Å². The minimum absolute atomic E-state index is 0.00689. The fourth-order valence-electron chi connectivity index (χ4n) is 11.1. The van der Waals surface area contributed by atoms with E-state index in [0.717, 1.165) is 73.9 Å². The van der Waals surface area contributed by atoms with E-state index >= 15 is 0 Å². The van der Waals surface area contributed by atoms with Gasteiger partial charge in [-0.05, 0) is 74.0 Å². The third-order valence-electron chi connectivity index (χ3n) is 13.7. The molecule has 1 saturated heterocycles. The SMILES string of the molecule is CC(=O)O[C@H]1C[C@@H]2CCC3C4CC(N5C=C[N+](C)(C)CC5)[C@H](OC(C)=O)[C@@]4(C)CCC3[C@@]2(C)C[C@@H]1N1CC[N+](C)(C)CC1. The maximum absolute atomic E-state index is 12.5. The van der Waals surface area contributed by atoms with Crippen LogP contribution in [0.3, 0.4) is 0 Å². The van der Waals surface area contributed by atoms with Crippen LogP contribution < -0.4 is 0 Å². The van der Waals surface area contributed by atoms with E-state index in [-0.39, 0.29) is 41.0 Å². The predicted molar refractivity (Wildman–Crippen MR) is 167 cm³/mol. The molecule has 0 radical (unpaired) electrons. The number of hydrogen-bond acceptors (Lipinski definition) is 6. The lowest BCUT2D eigenvalue weighted by molar-refractivity contribution is -0.894. The van der Waals surface area contributed by atoms with Crippen molar-refractivity contribution in [1.82, 2.24) is 9.80 Å². The highest BCUT2D eigenvalue weighted by Crippen LogP contribution is 2.67. The second kappa shape index (κ2) is 11.0. The predicted octanol–water partition coefficient (Wildman–Crippen LogP) is 4.10. The molecule has 43 heavy (non-hydrogen) atoms. The van der Waals surface area contributed by atoms with Crippen molar-refractivity contribution in [2.24, 2.45) is 34.5 Å². The first-order valence-corrected chi connectivity index (χ1v) is 17.3. The molecule has 5 fully saturated rings. The molecule has 2 heterocycles. The van der Waals surface area contributed by atoms with Crippen LogP contribution in [0.2, 0.25) is 0 Å². The van der Waals surface area contributed by atoms with Crippen LogP contribution in [-0.2, 0) is 19.1 Å². The van der Waals surface area contributed by atoms with Crippen LogP contribution in [0.15, 0.2) is 12.4 Å². The second-order valence-electron chi connectivity index (χ2n) is 17.1. The lowest BCUT2D eigenvalue weighted by atomic mass is 9.44. The highest BCUT2D eigenvalue weighted by atomic mass is 16.5. The van der Waals surface area contributed by atoms with Crippen molar-refractivity contribution in [2.75, 3.05) is 67.5 Å². The first kappa shape index (κ1) is 31.3.